The minimum Gasteiger partial charge on any atom is -1.00 e. The quantitative estimate of drug-likeness (QED) is 0.205. The van der Waals surface area contributed by atoms with Gasteiger partial charge in [0.15, 0.2) is 0 Å². The van der Waals surface area contributed by atoms with Gasteiger partial charge in [0, 0.05) is 0 Å². The van der Waals surface area contributed by atoms with Gasteiger partial charge in [-0.05, 0) is 0 Å². The first kappa shape index (κ1) is 23.1. The van der Waals surface area contributed by atoms with Crippen LogP contribution in [0.15, 0.2) is 0 Å². The molecule has 0 nitrogen and oxygen atoms in total. The Hall–Kier alpha value is 5.96. The zero-order valence-corrected chi connectivity index (χ0v) is 23.5. The second-order valence-corrected chi connectivity index (χ2v) is 67.5. The van der Waals surface area contributed by atoms with E-state index in [1.165, 1.54) is 0 Å². The van der Waals surface area contributed by atoms with Gasteiger partial charge in [-0.3, -0.25) is 0 Å². The first-order chi connectivity index (χ1) is 4.63. The minimum absolute atomic E-state index is 0. The van der Waals surface area contributed by atoms with Crippen LogP contribution in [-0.4, -0.2) is 23.3 Å². The molecule has 0 bridgehead atoms. The minimum atomic E-state index is -0.447. The summed E-state index contributed by atoms with van der Waals surface area (Å²) in [5.41, 5.74) is 0. The van der Waals surface area contributed by atoms with Crippen LogP contribution in [0.25, 0.3) is 0 Å². The molecule has 1 fully saturated rings. The van der Waals surface area contributed by atoms with Crippen molar-refractivity contribution in [2.24, 2.45) is 0 Å². The summed E-state index contributed by atoms with van der Waals surface area (Å²) in [6.45, 7) is 0. The molecule has 0 N–H and O–H groups in total. The van der Waals surface area contributed by atoms with E-state index in [1.807, 2.05) is 0 Å². The second kappa shape index (κ2) is 17.0. The van der Waals surface area contributed by atoms with Gasteiger partial charge in [0.2, 0.25) is 0 Å². The molecule has 8 heteroatoms. The van der Waals surface area contributed by atoms with Crippen LogP contribution >= 0.6 is 74.8 Å². The summed E-state index contributed by atoms with van der Waals surface area (Å²) in [6.07, 6.45) is 3.11. The summed E-state index contributed by atoms with van der Waals surface area (Å²) >= 11 is 9.84. The maximum Gasteiger partial charge on any atom is -1.00 e. The third-order valence-corrected chi connectivity index (χ3v) is 11.1. The number of hydrogen-bond acceptors (Lipinski definition) is 0. The Bertz CT molecular complexity index is 73.2. The van der Waals surface area contributed by atoms with Crippen molar-refractivity contribution in [2.45, 2.75) is 21.8 Å². The van der Waals surface area contributed by atoms with Crippen LogP contribution in [0.1, 0.15) is 12.8 Å². The molecule has 0 amide bonds. The van der Waals surface area contributed by atoms with Crippen molar-refractivity contribution in [1.82, 2.24) is 0 Å². The molecule has 0 aromatic rings. The predicted molar refractivity (Wildman–Crippen MR) is 86.4 cm³/mol. The zero-order chi connectivity index (χ0) is 7.98. The summed E-state index contributed by atoms with van der Waals surface area (Å²) < 4.78 is 3.29. The van der Waals surface area contributed by atoms with E-state index >= 15 is 0 Å². The van der Waals surface area contributed by atoms with Gasteiger partial charge < -0.3 is 48.0 Å². The summed E-state index contributed by atoms with van der Waals surface area (Å²) in [7, 11) is -0.447. The molecule has 0 aliphatic carbocycles. The van der Waals surface area contributed by atoms with E-state index in [0.29, 0.717) is 0 Å². The van der Waals surface area contributed by atoms with Crippen molar-refractivity contribution in [3.05, 3.63) is 0 Å². The van der Waals surface area contributed by atoms with Gasteiger partial charge in [-0.25, -0.2) is 0 Å². The summed E-state index contributed by atoms with van der Waals surface area (Å²) in [4.78, 5) is 0. The molecule has 1 aliphatic heterocycles. The van der Waals surface area contributed by atoms with Crippen LogP contribution in [-0.2, 0) is 0 Å². The summed E-state index contributed by atoms with van der Waals surface area (Å²) in [6, 6.07) is 0. The van der Waals surface area contributed by atoms with Crippen molar-refractivity contribution in [3.63, 3.8) is 0 Å². The number of hydrogen-bond donors (Lipinski definition) is 0. The average molecular weight is 1070 g/mol. The van der Waals surface area contributed by atoms with Gasteiger partial charge in [-0.15, -0.1) is 0 Å². The molecule has 0 aromatic carbocycles. The third kappa shape index (κ3) is 21.3. The normalized spacial score (nSPS) is 15.8. The molecule has 0 atom stereocenters. The van der Waals surface area contributed by atoms with Crippen LogP contribution in [0.2, 0.25) is 8.94 Å². The van der Waals surface area contributed by atoms with Crippen LogP contribution in [0.4, 0.5) is 0 Å². The Morgan fingerprint density at radius 2 is 1.17 bits per heavy atom. The maximum absolute atomic E-state index is 2.70. The van der Waals surface area contributed by atoms with E-state index in [4.69, 9.17) is 0 Å². The molecule has 0 radical (unpaired) electrons. The van der Waals surface area contributed by atoms with E-state index in [-0.39, 0.29) is 63.6 Å². The molecule has 1 saturated heterocycles. The topological polar surface area (TPSA) is 0 Å². The van der Waals surface area contributed by atoms with Crippen LogP contribution < -0.4 is 48.0 Å². The molecular formula is C4H8I6Te2. The zero-order valence-electron chi connectivity index (χ0n) is 5.91. The maximum atomic E-state index is 2.70. The van der Waals surface area contributed by atoms with E-state index in [1.54, 1.807) is 21.8 Å². The Kier molecular flexibility index (Phi) is 32.6. The van der Waals surface area contributed by atoms with E-state index < -0.39 is 7.72 Å². The molecule has 0 spiro atoms. The van der Waals surface area contributed by atoms with Gasteiger partial charge in [-0.2, -0.15) is 0 Å². The first-order valence-corrected chi connectivity index (χ1v) is 33.1. The van der Waals surface area contributed by atoms with Crippen molar-refractivity contribution in [2.75, 3.05) is 0 Å². The number of halogens is 6. The first-order valence-electron chi connectivity index (χ1n) is 2.69. The Labute approximate surface area is 162 Å². The van der Waals surface area contributed by atoms with E-state index in [9.17, 15) is 0 Å². The van der Waals surface area contributed by atoms with Crippen LogP contribution in [0, 0.1) is 0 Å². The van der Waals surface area contributed by atoms with Crippen molar-refractivity contribution < 1.29 is 48.0 Å². The second-order valence-electron chi connectivity index (χ2n) is 1.71. The molecule has 0 aromatic heterocycles. The number of rotatable bonds is 0. The summed E-state index contributed by atoms with van der Waals surface area (Å²) in [5, 5.41) is 0. The Morgan fingerprint density at radius 3 is 1.25 bits per heavy atom. The molecule has 1 rings (SSSR count). The molecule has 12 heavy (non-hydrogen) atoms. The molecular weight excluding hydrogens is 1060 g/mol. The summed E-state index contributed by atoms with van der Waals surface area (Å²) in [5.74, 6) is 0. The largest absolute Gasteiger partial charge is 1.00 e. The van der Waals surface area contributed by atoms with Crippen LogP contribution in [0.5, 0.6) is 0 Å². The molecule has 78 valence electrons. The Morgan fingerprint density at radius 1 is 0.917 bits per heavy atom. The van der Waals surface area contributed by atoms with Crippen molar-refractivity contribution in [1.29, 1.82) is 0 Å². The third-order valence-electron chi connectivity index (χ3n) is 0.982. The van der Waals surface area contributed by atoms with Crippen molar-refractivity contribution >= 4 is 98.1 Å². The van der Waals surface area contributed by atoms with Gasteiger partial charge in [0.05, 0.1) is 0 Å². The van der Waals surface area contributed by atoms with Crippen LogP contribution in [0.3, 0.4) is 0 Å². The fourth-order valence-electron chi connectivity index (χ4n) is 0.619. The molecule has 0 unspecified atom stereocenters. The van der Waals surface area contributed by atoms with Crippen molar-refractivity contribution in [3.8, 4) is 0 Å². The fraction of sp³-hybridized carbons (Fsp3) is 1.00. The van der Waals surface area contributed by atoms with Gasteiger partial charge in [0.25, 0.3) is 0 Å². The predicted octanol–water partition coefficient (Wildman–Crippen LogP) is -1.51. The van der Waals surface area contributed by atoms with Gasteiger partial charge >= 0.3 is 120 Å². The average Bonchev–Trinajstić information content (AvgIpc) is 2.15. The Balaban J connectivity index is -0.000000124. The molecule has 1 heterocycles. The molecule has 1 aliphatic rings. The standard InChI is InChI=1S/C4H8ITe.I3Te.2HI/c5-6-3-1-2-4-6;1-4(2)3;;/h1-4H2;;2*1H/q2*+1;;/p-2. The molecule has 0 saturated carbocycles. The van der Waals surface area contributed by atoms with E-state index in [2.05, 4.69) is 74.8 Å². The van der Waals surface area contributed by atoms with E-state index in [0.717, 1.165) is 0 Å². The van der Waals surface area contributed by atoms with Gasteiger partial charge in [0.1, 0.15) is 0 Å². The fourth-order valence-corrected chi connectivity index (χ4v) is 8.33. The SMILES string of the molecule is I[Te+](I)I.I[Te+]1CCCC1.[I-].[I-]. The van der Waals surface area contributed by atoms with Gasteiger partial charge in [-0.1, -0.05) is 0 Å². The smallest absolute Gasteiger partial charge is 1.00 e. The monoisotopic (exact) mass is 1080 g/mol.